The fraction of sp³-hybridized carbons (Fsp3) is 0.158. The van der Waals surface area contributed by atoms with Gasteiger partial charge in [-0.15, -0.1) is 0 Å². The van der Waals surface area contributed by atoms with Crippen LogP contribution in [-0.4, -0.2) is 27.5 Å². The standard InChI is InChI=1S/C19H20N4O2/c24-18(15-5-2-1-3-6-15)11-13-20-19(25)22-16-7-9-17(10-8-16)23-14-4-12-21-23/h1-10,12,14,18,24H,11,13H2,(H2,20,22,25). The molecule has 0 bridgehead atoms. The molecular weight excluding hydrogens is 316 g/mol. The summed E-state index contributed by atoms with van der Waals surface area (Å²) in [5, 5.41) is 19.7. The number of rotatable bonds is 6. The first-order valence-electron chi connectivity index (χ1n) is 8.10. The van der Waals surface area contributed by atoms with E-state index in [1.54, 1.807) is 10.9 Å². The van der Waals surface area contributed by atoms with E-state index in [1.165, 1.54) is 0 Å². The van der Waals surface area contributed by atoms with Gasteiger partial charge < -0.3 is 15.7 Å². The van der Waals surface area contributed by atoms with Crippen molar-refractivity contribution in [2.75, 3.05) is 11.9 Å². The van der Waals surface area contributed by atoms with E-state index < -0.39 is 6.10 Å². The van der Waals surface area contributed by atoms with Gasteiger partial charge in [0.15, 0.2) is 0 Å². The zero-order valence-electron chi connectivity index (χ0n) is 13.7. The molecule has 2 aromatic carbocycles. The van der Waals surface area contributed by atoms with Crippen LogP contribution in [0.1, 0.15) is 18.1 Å². The molecule has 0 aliphatic carbocycles. The van der Waals surface area contributed by atoms with Crippen LogP contribution in [0, 0.1) is 0 Å². The topological polar surface area (TPSA) is 79.2 Å². The van der Waals surface area contributed by atoms with Crippen molar-refractivity contribution in [2.24, 2.45) is 0 Å². The Balaban J connectivity index is 1.45. The molecule has 0 spiro atoms. The third-order valence-corrected chi connectivity index (χ3v) is 3.78. The molecule has 0 saturated carbocycles. The number of urea groups is 1. The minimum absolute atomic E-state index is 0.299. The van der Waals surface area contributed by atoms with E-state index in [9.17, 15) is 9.90 Å². The summed E-state index contributed by atoms with van der Waals surface area (Å²) in [6.07, 6.45) is 3.43. The molecule has 25 heavy (non-hydrogen) atoms. The van der Waals surface area contributed by atoms with Crippen molar-refractivity contribution < 1.29 is 9.90 Å². The van der Waals surface area contributed by atoms with Crippen LogP contribution in [0.25, 0.3) is 5.69 Å². The minimum Gasteiger partial charge on any atom is -0.388 e. The van der Waals surface area contributed by atoms with Crippen LogP contribution >= 0.6 is 0 Å². The molecule has 0 radical (unpaired) electrons. The number of aromatic nitrogens is 2. The lowest BCUT2D eigenvalue weighted by Crippen LogP contribution is -2.30. The van der Waals surface area contributed by atoms with Crippen molar-refractivity contribution in [1.82, 2.24) is 15.1 Å². The first kappa shape index (κ1) is 16.7. The maximum atomic E-state index is 11.9. The molecule has 0 fully saturated rings. The van der Waals surface area contributed by atoms with Gasteiger partial charge in [-0.1, -0.05) is 30.3 Å². The van der Waals surface area contributed by atoms with Crippen LogP contribution in [0.5, 0.6) is 0 Å². The molecule has 1 heterocycles. The van der Waals surface area contributed by atoms with Gasteiger partial charge in [-0.3, -0.25) is 0 Å². The van der Waals surface area contributed by atoms with Crippen LogP contribution in [0.15, 0.2) is 73.1 Å². The Morgan fingerprint density at radius 2 is 1.84 bits per heavy atom. The Bertz CT molecular complexity index is 786. The second-order valence-corrected chi connectivity index (χ2v) is 5.59. The van der Waals surface area contributed by atoms with Crippen LogP contribution in [0.3, 0.4) is 0 Å². The first-order valence-corrected chi connectivity index (χ1v) is 8.10. The van der Waals surface area contributed by atoms with Gasteiger partial charge in [0.25, 0.3) is 0 Å². The van der Waals surface area contributed by atoms with E-state index in [-0.39, 0.29) is 6.03 Å². The summed E-state index contributed by atoms with van der Waals surface area (Å²) in [7, 11) is 0. The number of anilines is 1. The number of nitrogens with one attached hydrogen (secondary N) is 2. The van der Waals surface area contributed by atoms with Gasteiger partial charge in [-0.05, 0) is 42.3 Å². The van der Waals surface area contributed by atoms with Gasteiger partial charge >= 0.3 is 6.03 Å². The van der Waals surface area contributed by atoms with E-state index >= 15 is 0 Å². The number of carbonyl (C=O) groups is 1. The van der Waals surface area contributed by atoms with E-state index in [0.717, 1.165) is 11.3 Å². The maximum absolute atomic E-state index is 11.9. The Hall–Kier alpha value is -3.12. The second kappa shape index (κ2) is 8.12. The Kier molecular flexibility index (Phi) is 5.43. The van der Waals surface area contributed by atoms with Gasteiger partial charge in [-0.2, -0.15) is 5.10 Å². The van der Waals surface area contributed by atoms with E-state index in [2.05, 4.69) is 15.7 Å². The summed E-state index contributed by atoms with van der Waals surface area (Å²) in [5.41, 5.74) is 2.46. The monoisotopic (exact) mass is 336 g/mol. The molecule has 128 valence electrons. The predicted octanol–water partition coefficient (Wildman–Crippen LogP) is 3.12. The molecule has 0 aliphatic heterocycles. The Morgan fingerprint density at radius 3 is 2.52 bits per heavy atom. The summed E-state index contributed by atoms with van der Waals surface area (Å²) in [4.78, 5) is 11.9. The average Bonchev–Trinajstić information content (AvgIpc) is 3.18. The maximum Gasteiger partial charge on any atom is 0.319 e. The Morgan fingerprint density at radius 1 is 1.08 bits per heavy atom. The van der Waals surface area contributed by atoms with Crippen LogP contribution in [-0.2, 0) is 0 Å². The van der Waals surface area contributed by atoms with Gasteiger partial charge in [0, 0.05) is 24.6 Å². The number of hydrogen-bond acceptors (Lipinski definition) is 3. The first-order chi connectivity index (χ1) is 12.2. The third-order valence-electron chi connectivity index (χ3n) is 3.78. The lowest BCUT2D eigenvalue weighted by atomic mass is 10.1. The largest absolute Gasteiger partial charge is 0.388 e. The number of amides is 2. The highest BCUT2D eigenvalue weighted by Crippen LogP contribution is 2.15. The summed E-state index contributed by atoms with van der Waals surface area (Å²) in [5.74, 6) is 0. The highest BCUT2D eigenvalue weighted by Gasteiger charge is 2.08. The molecule has 3 aromatic rings. The SMILES string of the molecule is O=C(NCCC(O)c1ccccc1)Nc1ccc(-n2cccn2)cc1. The molecule has 1 aromatic heterocycles. The molecule has 0 aliphatic rings. The zero-order chi connectivity index (χ0) is 17.5. The number of benzene rings is 2. The molecule has 1 unspecified atom stereocenters. The van der Waals surface area contributed by atoms with Gasteiger partial charge in [-0.25, -0.2) is 9.48 Å². The number of aliphatic hydroxyl groups excluding tert-OH is 1. The van der Waals surface area contributed by atoms with Crippen molar-refractivity contribution in [3.8, 4) is 5.69 Å². The summed E-state index contributed by atoms with van der Waals surface area (Å²) >= 11 is 0. The van der Waals surface area contributed by atoms with Crippen molar-refractivity contribution in [1.29, 1.82) is 0 Å². The van der Waals surface area contributed by atoms with Gasteiger partial charge in [0.1, 0.15) is 0 Å². The molecule has 2 amide bonds. The lowest BCUT2D eigenvalue weighted by Gasteiger charge is -2.12. The zero-order valence-corrected chi connectivity index (χ0v) is 13.7. The smallest absolute Gasteiger partial charge is 0.319 e. The average molecular weight is 336 g/mol. The van der Waals surface area contributed by atoms with Crippen LogP contribution in [0.2, 0.25) is 0 Å². The fourth-order valence-electron chi connectivity index (χ4n) is 2.46. The number of nitrogens with zero attached hydrogens (tertiary/aromatic N) is 2. The van der Waals surface area contributed by atoms with E-state index in [0.29, 0.717) is 18.7 Å². The second-order valence-electron chi connectivity index (χ2n) is 5.59. The highest BCUT2D eigenvalue weighted by atomic mass is 16.3. The van der Waals surface area contributed by atoms with Crippen molar-refractivity contribution in [3.05, 3.63) is 78.6 Å². The van der Waals surface area contributed by atoms with Gasteiger partial charge in [0.05, 0.1) is 11.8 Å². The normalized spacial score (nSPS) is 11.7. The molecule has 3 N–H and O–H groups in total. The number of carbonyl (C=O) groups excluding carboxylic acids is 1. The molecule has 1 atom stereocenters. The van der Waals surface area contributed by atoms with E-state index in [1.807, 2.05) is 66.9 Å². The third kappa shape index (κ3) is 4.68. The fourth-order valence-corrected chi connectivity index (χ4v) is 2.46. The molecule has 3 rings (SSSR count). The highest BCUT2D eigenvalue weighted by molar-refractivity contribution is 5.89. The van der Waals surface area contributed by atoms with Gasteiger partial charge in [0.2, 0.25) is 0 Å². The predicted molar refractivity (Wildman–Crippen MR) is 96.6 cm³/mol. The lowest BCUT2D eigenvalue weighted by molar-refractivity contribution is 0.167. The molecule has 0 saturated heterocycles. The molecule has 6 nitrogen and oxygen atoms in total. The summed E-state index contributed by atoms with van der Waals surface area (Å²) in [6.45, 7) is 0.382. The minimum atomic E-state index is -0.588. The summed E-state index contributed by atoms with van der Waals surface area (Å²) in [6, 6.07) is 18.3. The quantitative estimate of drug-likeness (QED) is 0.647. The molecule has 6 heteroatoms. The summed E-state index contributed by atoms with van der Waals surface area (Å²) < 4.78 is 1.74. The van der Waals surface area contributed by atoms with Crippen molar-refractivity contribution in [2.45, 2.75) is 12.5 Å². The van der Waals surface area contributed by atoms with Crippen LogP contribution in [0.4, 0.5) is 10.5 Å². The van der Waals surface area contributed by atoms with Crippen molar-refractivity contribution in [3.63, 3.8) is 0 Å². The number of hydrogen-bond donors (Lipinski definition) is 3. The van der Waals surface area contributed by atoms with E-state index in [4.69, 9.17) is 0 Å². The molecular formula is C19H20N4O2. The number of aliphatic hydroxyl groups is 1. The van der Waals surface area contributed by atoms with Crippen LogP contribution < -0.4 is 10.6 Å². The van der Waals surface area contributed by atoms with Crippen molar-refractivity contribution >= 4 is 11.7 Å². The Labute approximate surface area is 146 Å².